The van der Waals surface area contributed by atoms with Crippen molar-refractivity contribution in [3.05, 3.63) is 50.1 Å². The van der Waals surface area contributed by atoms with E-state index in [1.165, 1.54) is 12.1 Å². The average molecular weight is 356 g/mol. The molecule has 0 saturated carbocycles. The molecule has 0 amide bonds. The van der Waals surface area contributed by atoms with Crippen molar-refractivity contribution in [1.29, 1.82) is 0 Å². The fourth-order valence-electron chi connectivity index (χ4n) is 1.41. The van der Waals surface area contributed by atoms with Gasteiger partial charge in [0.15, 0.2) is 0 Å². The maximum absolute atomic E-state index is 10.6. The van der Waals surface area contributed by atoms with Gasteiger partial charge in [-0.15, -0.1) is 0 Å². The summed E-state index contributed by atoms with van der Waals surface area (Å²) in [6.45, 7) is 0. The van der Waals surface area contributed by atoms with Gasteiger partial charge >= 0.3 is 5.69 Å². The first-order valence-electron chi connectivity index (χ1n) is 5.00. The number of benzene rings is 1. The normalized spacial score (nSPS) is 10.1. The number of nitrogens with zero attached hydrogens (tertiary/aromatic N) is 2. The van der Waals surface area contributed by atoms with Gasteiger partial charge in [-0.05, 0) is 46.9 Å². The van der Waals surface area contributed by atoms with Crippen LogP contribution in [0.3, 0.4) is 0 Å². The SMILES string of the molecule is Nc1nc(Nc2cccc(I)c2)ccc1[N+](=O)[O-]. The molecule has 1 heterocycles. The molecule has 2 rings (SSSR count). The summed E-state index contributed by atoms with van der Waals surface area (Å²) >= 11 is 2.19. The zero-order chi connectivity index (χ0) is 13.1. The minimum Gasteiger partial charge on any atom is -0.378 e. The van der Waals surface area contributed by atoms with E-state index in [1.54, 1.807) is 0 Å². The molecule has 0 radical (unpaired) electrons. The van der Waals surface area contributed by atoms with Crippen molar-refractivity contribution >= 4 is 45.6 Å². The maximum atomic E-state index is 10.6. The summed E-state index contributed by atoms with van der Waals surface area (Å²) in [6, 6.07) is 10.5. The summed E-state index contributed by atoms with van der Waals surface area (Å²) in [7, 11) is 0. The van der Waals surface area contributed by atoms with Gasteiger partial charge in [-0.25, -0.2) is 4.98 Å². The molecule has 6 nitrogen and oxygen atoms in total. The van der Waals surface area contributed by atoms with Gasteiger partial charge in [0, 0.05) is 15.3 Å². The number of nitrogen functional groups attached to an aromatic ring is 1. The van der Waals surface area contributed by atoms with Crippen molar-refractivity contribution in [2.75, 3.05) is 11.1 Å². The van der Waals surface area contributed by atoms with Crippen LogP contribution in [0.4, 0.5) is 23.0 Å². The Hall–Kier alpha value is -1.90. The number of anilines is 3. The Bertz CT molecular complexity index is 603. The first-order chi connectivity index (χ1) is 8.56. The molecule has 0 atom stereocenters. The van der Waals surface area contributed by atoms with E-state index in [9.17, 15) is 10.1 Å². The fourth-order valence-corrected chi connectivity index (χ4v) is 1.95. The highest BCUT2D eigenvalue weighted by Gasteiger charge is 2.12. The number of pyridine rings is 1. The van der Waals surface area contributed by atoms with Crippen molar-refractivity contribution in [1.82, 2.24) is 4.98 Å². The molecule has 0 fully saturated rings. The molecule has 0 aliphatic rings. The molecule has 0 bridgehead atoms. The number of nitrogens with one attached hydrogen (secondary N) is 1. The molecule has 0 saturated heterocycles. The van der Waals surface area contributed by atoms with Crippen LogP contribution in [-0.2, 0) is 0 Å². The van der Waals surface area contributed by atoms with E-state index in [1.807, 2.05) is 24.3 Å². The van der Waals surface area contributed by atoms with E-state index >= 15 is 0 Å². The van der Waals surface area contributed by atoms with Crippen molar-refractivity contribution < 1.29 is 4.92 Å². The van der Waals surface area contributed by atoms with Crippen LogP contribution in [0.15, 0.2) is 36.4 Å². The van der Waals surface area contributed by atoms with E-state index in [2.05, 4.69) is 32.9 Å². The predicted octanol–water partition coefficient (Wildman–Crippen LogP) is 2.92. The number of halogens is 1. The number of rotatable bonds is 3. The molecular weight excluding hydrogens is 347 g/mol. The minimum absolute atomic E-state index is 0.101. The summed E-state index contributed by atoms with van der Waals surface area (Å²) in [5.41, 5.74) is 6.17. The quantitative estimate of drug-likeness (QED) is 0.501. The first kappa shape index (κ1) is 12.6. The zero-order valence-corrected chi connectivity index (χ0v) is 11.3. The van der Waals surface area contributed by atoms with Crippen molar-refractivity contribution in [3.63, 3.8) is 0 Å². The predicted molar refractivity (Wildman–Crippen MR) is 77.7 cm³/mol. The summed E-state index contributed by atoms with van der Waals surface area (Å²) in [5, 5.41) is 13.6. The van der Waals surface area contributed by atoms with Crippen molar-refractivity contribution in [2.24, 2.45) is 0 Å². The van der Waals surface area contributed by atoms with Gasteiger partial charge in [-0.2, -0.15) is 0 Å². The van der Waals surface area contributed by atoms with E-state index in [0.29, 0.717) is 5.82 Å². The Balaban J connectivity index is 2.25. The third kappa shape index (κ3) is 2.86. The topological polar surface area (TPSA) is 94.1 Å². The molecule has 7 heteroatoms. The standard InChI is InChI=1S/C11H9IN4O2/c12-7-2-1-3-8(6-7)14-10-5-4-9(16(17)18)11(13)15-10/h1-6H,(H3,13,14,15). The van der Waals surface area contributed by atoms with Crippen LogP contribution < -0.4 is 11.1 Å². The molecule has 92 valence electrons. The van der Waals surface area contributed by atoms with Crippen molar-refractivity contribution in [3.8, 4) is 0 Å². The lowest BCUT2D eigenvalue weighted by Gasteiger charge is -2.06. The van der Waals surface area contributed by atoms with Crippen LogP contribution in [-0.4, -0.2) is 9.91 Å². The van der Waals surface area contributed by atoms with Gasteiger partial charge in [0.05, 0.1) is 4.92 Å². The van der Waals surface area contributed by atoms with Crippen LogP contribution in [0.25, 0.3) is 0 Å². The lowest BCUT2D eigenvalue weighted by Crippen LogP contribution is -2.01. The van der Waals surface area contributed by atoms with Gasteiger partial charge < -0.3 is 11.1 Å². The minimum atomic E-state index is -0.558. The number of aromatic nitrogens is 1. The Kier molecular flexibility index (Phi) is 3.60. The second-order valence-electron chi connectivity index (χ2n) is 3.49. The fraction of sp³-hybridized carbons (Fsp3) is 0. The van der Waals surface area contributed by atoms with Crippen molar-refractivity contribution in [2.45, 2.75) is 0 Å². The van der Waals surface area contributed by atoms with E-state index in [4.69, 9.17) is 5.73 Å². The molecule has 0 unspecified atom stereocenters. The Morgan fingerprint density at radius 2 is 2.11 bits per heavy atom. The molecule has 2 aromatic rings. The largest absolute Gasteiger partial charge is 0.378 e. The van der Waals surface area contributed by atoms with Gasteiger partial charge in [-0.3, -0.25) is 10.1 Å². The highest BCUT2D eigenvalue weighted by Crippen LogP contribution is 2.23. The first-order valence-corrected chi connectivity index (χ1v) is 6.07. The van der Waals surface area contributed by atoms with Crippen LogP contribution in [0.5, 0.6) is 0 Å². The third-order valence-electron chi connectivity index (χ3n) is 2.20. The van der Waals surface area contributed by atoms with E-state index in [0.717, 1.165) is 9.26 Å². The Labute approximate surface area is 117 Å². The van der Waals surface area contributed by atoms with Gasteiger partial charge in [0.2, 0.25) is 5.82 Å². The second-order valence-corrected chi connectivity index (χ2v) is 4.74. The average Bonchev–Trinajstić information content (AvgIpc) is 2.28. The van der Waals surface area contributed by atoms with Crippen LogP contribution in [0.1, 0.15) is 0 Å². The summed E-state index contributed by atoms with van der Waals surface area (Å²) in [5.74, 6) is 0.371. The third-order valence-corrected chi connectivity index (χ3v) is 2.87. The number of nitrogens with two attached hydrogens (primary N) is 1. The van der Waals surface area contributed by atoms with E-state index in [-0.39, 0.29) is 11.5 Å². The lowest BCUT2D eigenvalue weighted by molar-refractivity contribution is -0.384. The van der Waals surface area contributed by atoms with Gasteiger partial charge in [-0.1, -0.05) is 6.07 Å². The smallest absolute Gasteiger partial charge is 0.311 e. The number of nitro groups is 1. The summed E-state index contributed by atoms with van der Waals surface area (Å²) in [6.07, 6.45) is 0. The molecule has 18 heavy (non-hydrogen) atoms. The highest BCUT2D eigenvalue weighted by molar-refractivity contribution is 14.1. The number of hydrogen-bond acceptors (Lipinski definition) is 5. The molecular formula is C11H9IN4O2. The summed E-state index contributed by atoms with van der Waals surface area (Å²) in [4.78, 5) is 14.0. The molecule has 1 aromatic heterocycles. The van der Waals surface area contributed by atoms with Crippen LogP contribution >= 0.6 is 22.6 Å². The van der Waals surface area contributed by atoms with E-state index < -0.39 is 4.92 Å². The van der Waals surface area contributed by atoms with Crippen LogP contribution in [0.2, 0.25) is 0 Å². The van der Waals surface area contributed by atoms with Gasteiger partial charge in [0.25, 0.3) is 0 Å². The maximum Gasteiger partial charge on any atom is 0.311 e. The summed E-state index contributed by atoms with van der Waals surface area (Å²) < 4.78 is 1.08. The second kappa shape index (κ2) is 5.17. The molecule has 0 aliphatic heterocycles. The Morgan fingerprint density at radius 1 is 1.33 bits per heavy atom. The number of hydrogen-bond donors (Lipinski definition) is 2. The lowest BCUT2D eigenvalue weighted by atomic mass is 10.3. The molecule has 3 N–H and O–H groups in total. The highest BCUT2D eigenvalue weighted by atomic mass is 127. The molecule has 0 spiro atoms. The monoisotopic (exact) mass is 356 g/mol. The van der Waals surface area contributed by atoms with Gasteiger partial charge in [0.1, 0.15) is 5.82 Å². The van der Waals surface area contributed by atoms with Crippen LogP contribution in [0, 0.1) is 13.7 Å². The Morgan fingerprint density at radius 3 is 2.72 bits per heavy atom. The zero-order valence-electron chi connectivity index (χ0n) is 9.13. The molecule has 1 aromatic carbocycles. The molecule has 0 aliphatic carbocycles.